The molecule has 10 heavy (non-hydrogen) atoms. The van der Waals surface area contributed by atoms with Crippen molar-refractivity contribution in [2.45, 2.75) is 6.42 Å². The van der Waals surface area contributed by atoms with Crippen LogP contribution in [0.25, 0.3) is 0 Å². The average Bonchev–Trinajstić information content (AvgIpc) is 2.24. The number of rotatable bonds is 0. The number of allylic oxidation sites excluding steroid dienone is 4. The summed E-state index contributed by atoms with van der Waals surface area (Å²) in [6, 6.07) is 0. The van der Waals surface area contributed by atoms with E-state index < -0.39 is 0 Å². The third-order valence-corrected chi connectivity index (χ3v) is 1.10. The number of carbonyl (C=O) groups excluding carboxylic acids is 1. The molecule has 0 fully saturated rings. The first kappa shape index (κ1) is 17.3. The molecular weight excluding hydrogens is 401 g/mol. The Kier molecular flexibility index (Phi) is 22.0. The van der Waals surface area contributed by atoms with E-state index in [-0.39, 0.29) is 48.0 Å². The Morgan fingerprint density at radius 3 is 2.00 bits per heavy atom. The van der Waals surface area contributed by atoms with Crippen LogP contribution in [0.15, 0.2) is 22.7 Å². The fraction of sp³-hybridized carbons (Fsp3) is 0.167. The van der Waals surface area contributed by atoms with Crippen LogP contribution in [-0.2, 0) is 20.5 Å². The smallest absolute Gasteiger partial charge is 1.00 e. The molecule has 0 unspecified atom stereocenters. The Bertz CT molecular complexity index is 123. The van der Waals surface area contributed by atoms with Gasteiger partial charge in [-0.1, -0.05) is 0 Å². The largest absolute Gasteiger partial charge is 1.00 e. The maximum atomic E-state index is 7.50. The molecule has 0 atom stereocenters. The molecule has 0 spiro atoms. The Morgan fingerprint density at radius 2 is 1.90 bits per heavy atom. The first-order valence-electron chi connectivity index (χ1n) is 2.09. The van der Waals surface area contributed by atoms with Crippen LogP contribution < -0.4 is 48.0 Å². The van der Waals surface area contributed by atoms with Crippen LogP contribution in [0.2, 0.25) is 0 Å². The van der Waals surface area contributed by atoms with E-state index in [1.807, 2.05) is 12.2 Å². The van der Waals surface area contributed by atoms with E-state index in [0.29, 0.717) is 0 Å². The number of halogens is 2. The molecule has 1 nitrogen and oxygen atoms in total. The molecule has 0 bridgehead atoms. The molecule has 0 saturated heterocycles. The molecule has 0 saturated carbocycles. The van der Waals surface area contributed by atoms with Crippen LogP contribution in [0.3, 0.4) is 0 Å². The molecule has 0 aromatic rings. The van der Waals surface area contributed by atoms with E-state index in [0.717, 1.165) is 10.9 Å². The zero-order valence-electron chi connectivity index (χ0n) is 4.94. The topological polar surface area (TPSA) is 17.1 Å². The fourth-order valence-electron chi connectivity index (χ4n) is 0.412. The summed E-state index contributed by atoms with van der Waals surface area (Å²) in [5.41, 5.74) is 0. The molecule has 1 rings (SSSR count). The van der Waals surface area contributed by atoms with Crippen LogP contribution in [-0.4, -0.2) is 6.79 Å². The van der Waals surface area contributed by atoms with Crippen LogP contribution >= 0.6 is 0 Å². The van der Waals surface area contributed by atoms with Gasteiger partial charge in [0.05, 0.1) is 0 Å². The molecule has 0 heterocycles. The van der Waals surface area contributed by atoms with Crippen molar-refractivity contribution in [2.75, 3.05) is 0 Å². The molecule has 4 heteroatoms. The van der Waals surface area contributed by atoms with Crippen molar-refractivity contribution in [3.8, 4) is 0 Å². The second-order valence-electron chi connectivity index (χ2n) is 1.22. The van der Waals surface area contributed by atoms with Gasteiger partial charge in [0, 0.05) is 0 Å². The maximum absolute atomic E-state index is 7.50. The van der Waals surface area contributed by atoms with E-state index in [1.165, 1.54) is 0 Å². The van der Waals surface area contributed by atoms with Gasteiger partial charge in [-0.2, -0.15) is 0 Å². The second-order valence-corrected chi connectivity index (χ2v) is 1.89. The van der Waals surface area contributed by atoms with Gasteiger partial charge >= 0.3 is 44.9 Å². The van der Waals surface area contributed by atoms with Gasteiger partial charge in [-0.3, -0.25) is 4.79 Å². The number of hydrogen-bond donors (Lipinski definition) is 0. The molecular formula is C6H5CoI2O. The maximum Gasteiger partial charge on any atom is -1.00 e. The monoisotopic (exact) mass is 406 g/mol. The third-order valence-electron chi connectivity index (χ3n) is 0.709. The molecule has 0 aliphatic heterocycles. The van der Waals surface area contributed by atoms with Gasteiger partial charge in [-0.15, -0.1) is 0 Å². The minimum absolute atomic E-state index is 0. The first-order valence-corrected chi connectivity index (χ1v) is 2.61. The van der Waals surface area contributed by atoms with Crippen LogP contribution in [0.4, 0.5) is 0 Å². The first-order chi connectivity index (χ1) is 3.89. The Morgan fingerprint density at radius 1 is 1.40 bits per heavy atom. The predicted octanol–water partition coefficient (Wildman–Crippen LogP) is -5.01. The minimum atomic E-state index is 0. The SMILES string of the molecule is [C]=O.[Co+2][C]1=CC=CC1.[I-].[I-]. The summed E-state index contributed by atoms with van der Waals surface area (Å²) >= 11 is 4.14. The van der Waals surface area contributed by atoms with Crippen molar-refractivity contribution in [3.63, 3.8) is 0 Å². The predicted molar refractivity (Wildman–Crippen MR) is 27.5 cm³/mol. The fourth-order valence-corrected chi connectivity index (χ4v) is 0.634. The summed E-state index contributed by atoms with van der Waals surface area (Å²) in [5.74, 6) is 0. The summed E-state index contributed by atoms with van der Waals surface area (Å²) < 4.78 is 1.16. The van der Waals surface area contributed by atoms with Crippen LogP contribution in [0, 0.1) is 0 Å². The van der Waals surface area contributed by atoms with Crippen molar-refractivity contribution >= 4 is 6.79 Å². The summed E-state index contributed by atoms with van der Waals surface area (Å²) in [6.45, 7) is 4.50. The molecule has 0 N–H and O–H groups in total. The van der Waals surface area contributed by atoms with Gasteiger partial charge < -0.3 is 48.0 Å². The molecule has 2 radical (unpaired) electrons. The van der Waals surface area contributed by atoms with Crippen molar-refractivity contribution in [2.24, 2.45) is 0 Å². The quantitative estimate of drug-likeness (QED) is 0.369. The van der Waals surface area contributed by atoms with Gasteiger partial charge in [-0.05, 0) is 0 Å². The summed E-state index contributed by atoms with van der Waals surface area (Å²) in [7, 11) is 0. The molecule has 0 aromatic heterocycles. The third kappa shape index (κ3) is 9.12. The van der Waals surface area contributed by atoms with Gasteiger partial charge in [0.2, 0.25) is 0 Å². The number of hydrogen-bond acceptors (Lipinski definition) is 1. The van der Waals surface area contributed by atoms with Gasteiger partial charge in [-0.25, -0.2) is 0 Å². The van der Waals surface area contributed by atoms with Crippen molar-refractivity contribution < 1.29 is 68.5 Å². The summed E-state index contributed by atoms with van der Waals surface area (Å²) in [6.07, 6.45) is 7.13. The van der Waals surface area contributed by atoms with Crippen molar-refractivity contribution in [1.82, 2.24) is 0 Å². The van der Waals surface area contributed by atoms with E-state index in [9.17, 15) is 0 Å². The minimum Gasteiger partial charge on any atom is -1.00 e. The normalized spacial score (nSPS) is 11.5. The second kappa shape index (κ2) is 12.8. The standard InChI is InChI=1S/C5H5.CO.Co.2HI/c1-2-4-5-3-1;1-2;;;/h1-3H,4H2;;;2*1H/q;;+2;;/p-2. The van der Waals surface area contributed by atoms with E-state index in [1.54, 1.807) is 0 Å². The van der Waals surface area contributed by atoms with Crippen LogP contribution in [0.1, 0.15) is 6.42 Å². The molecule has 1 aliphatic rings. The zero-order chi connectivity index (χ0) is 6.41. The average molecular weight is 406 g/mol. The Labute approximate surface area is 103 Å². The Balaban J connectivity index is -0.000000114. The van der Waals surface area contributed by atoms with Crippen LogP contribution in [0.5, 0.6) is 0 Å². The van der Waals surface area contributed by atoms with Gasteiger partial charge in [0.15, 0.2) is 0 Å². The molecule has 58 valence electrons. The van der Waals surface area contributed by atoms with Crippen molar-refractivity contribution in [1.29, 1.82) is 0 Å². The summed E-state index contributed by atoms with van der Waals surface area (Å²) in [4.78, 5) is 7.50. The van der Waals surface area contributed by atoms with E-state index in [2.05, 4.69) is 28.6 Å². The van der Waals surface area contributed by atoms with Gasteiger partial charge in [0.1, 0.15) is 0 Å². The van der Waals surface area contributed by atoms with E-state index in [4.69, 9.17) is 4.79 Å². The molecule has 0 amide bonds. The zero-order valence-corrected chi connectivity index (χ0v) is 10.3. The molecule has 1 aliphatic carbocycles. The Hall–Kier alpha value is 1.12. The van der Waals surface area contributed by atoms with Crippen molar-refractivity contribution in [3.05, 3.63) is 22.7 Å². The van der Waals surface area contributed by atoms with Gasteiger partial charge in [0.25, 0.3) is 6.79 Å². The summed E-state index contributed by atoms with van der Waals surface area (Å²) in [5, 5.41) is 0. The molecule has 0 aromatic carbocycles. The van der Waals surface area contributed by atoms with E-state index >= 15 is 0 Å².